The lowest BCUT2D eigenvalue weighted by atomic mass is 9.90. The second kappa shape index (κ2) is 9.15. The van der Waals surface area contributed by atoms with Gasteiger partial charge in [-0.25, -0.2) is 4.39 Å². The van der Waals surface area contributed by atoms with Crippen LogP contribution in [0.2, 0.25) is 0 Å². The molecule has 1 amide bonds. The van der Waals surface area contributed by atoms with Crippen LogP contribution in [0.25, 0.3) is 0 Å². The number of carbonyl (C=O) groups is 1. The van der Waals surface area contributed by atoms with Crippen molar-refractivity contribution in [1.29, 1.82) is 0 Å². The summed E-state index contributed by atoms with van der Waals surface area (Å²) in [5.74, 6) is 0.744. The Balaban J connectivity index is 1.92. The Hall–Kier alpha value is -3.43. The third kappa shape index (κ3) is 4.52. The molecule has 0 aromatic carbocycles. The van der Waals surface area contributed by atoms with Crippen molar-refractivity contribution in [2.45, 2.75) is 51.9 Å². The SMILES string of the molecule is C=NN1C(=NC)C=C(Nc2cccn(C(C)C)c2=O)N/C1=C(/C)C(=O)N[C@@H]1CC[C@H]1F. The third-order valence-electron chi connectivity index (χ3n) is 5.33. The van der Waals surface area contributed by atoms with Gasteiger partial charge in [-0.15, -0.1) is 0 Å². The van der Waals surface area contributed by atoms with E-state index in [0.717, 1.165) is 0 Å². The summed E-state index contributed by atoms with van der Waals surface area (Å²) in [5.41, 5.74) is 0.466. The van der Waals surface area contributed by atoms with E-state index >= 15 is 0 Å². The van der Waals surface area contributed by atoms with E-state index < -0.39 is 18.1 Å². The van der Waals surface area contributed by atoms with Crippen LogP contribution in [0.1, 0.15) is 39.7 Å². The maximum Gasteiger partial charge on any atom is 0.274 e. The number of rotatable bonds is 6. The number of nitrogens with zero attached hydrogens (tertiary/aromatic N) is 4. The first-order valence-electron chi connectivity index (χ1n) is 10.1. The third-order valence-corrected chi connectivity index (χ3v) is 5.33. The van der Waals surface area contributed by atoms with Gasteiger partial charge in [-0.05, 0) is 45.7 Å². The Morgan fingerprint density at radius 1 is 1.39 bits per heavy atom. The summed E-state index contributed by atoms with van der Waals surface area (Å²) in [6, 6.07) is 2.97. The highest BCUT2D eigenvalue weighted by Crippen LogP contribution is 2.24. The number of halogens is 1. The molecule has 0 radical (unpaired) electrons. The Kier molecular flexibility index (Phi) is 6.57. The number of carbonyl (C=O) groups excluding carboxylic acids is 1. The maximum atomic E-state index is 13.6. The van der Waals surface area contributed by atoms with Crippen molar-refractivity contribution in [3.8, 4) is 0 Å². The van der Waals surface area contributed by atoms with E-state index in [1.54, 1.807) is 42.9 Å². The molecule has 2 aliphatic rings. The van der Waals surface area contributed by atoms with Crippen molar-refractivity contribution in [1.82, 2.24) is 20.2 Å². The highest BCUT2D eigenvalue weighted by atomic mass is 19.1. The van der Waals surface area contributed by atoms with Gasteiger partial charge in [0.05, 0.1) is 11.6 Å². The Labute approximate surface area is 180 Å². The number of aromatic nitrogens is 1. The minimum absolute atomic E-state index is 0.00278. The first-order valence-corrected chi connectivity index (χ1v) is 10.1. The summed E-state index contributed by atoms with van der Waals surface area (Å²) in [6.07, 6.45) is 3.41. The van der Waals surface area contributed by atoms with Gasteiger partial charge in [0.15, 0.2) is 5.84 Å². The van der Waals surface area contributed by atoms with Gasteiger partial charge in [-0.2, -0.15) is 10.1 Å². The number of aliphatic imine (C=N–C) groups is 1. The summed E-state index contributed by atoms with van der Waals surface area (Å²) < 4.78 is 15.2. The van der Waals surface area contributed by atoms with Gasteiger partial charge in [0.25, 0.3) is 11.5 Å². The molecule has 2 heterocycles. The Morgan fingerprint density at radius 3 is 2.68 bits per heavy atom. The van der Waals surface area contributed by atoms with Crippen LogP contribution in [0.15, 0.2) is 56.5 Å². The van der Waals surface area contributed by atoms with Gasteiger partial charge in [0.2, 0.25) is 0 Å². The molecule has 1 aromatic rings. The number of pyridine rings is 1. The summed E-state index contributed by atoms with van der Waals surface area (Å²) in [5, 5.41) is 14.2. The number of amidine groups is 1. The van der Waals surface area contributed by atoms with Crippen LogP contribution in [-0.2, 0) is 4.79 Å². The molecule has 1 aliphatic heterocycles. The number of amides is 1. The van der Waals surface area contributed by atoms with Crippen molar-refractivity contribution >= 4 is 24.1 Å². The van der Waals surface area contributed by atoms with Crippen molar-refractivity contribution in [3.63, 3.8) is 0 Å². The molecule has 1 aliphatic carbocycles. The van der Waals surface area contributed by atoms with E-state index in [4.69, 9.17) is 0 Å². The van der Waals surface area contributed by atoms with Crippen LogP contribution < -0.4 is 21.5 Å². The van der Waals surface area contributed by atoms with Gasteiger partial charge in [-0.3, -0.25) is 14.6 Å². The number of nitrogens with one attached hydrogen (secondary N) is 3. The predicted molar refractivity (Wildman–Crippen MR) is 119 cm³/mol. The van der Waals surface area contributed by atoms with Crippen molar-refractivity contribution < 1.29 is 9.18 Å². The highest BCUT2D eigenvalue weighted by molar-refractivity contribution is 5.99. The molecule has 3 N–H and O–H groups in total. The first kappa shape index (κ1) is 22.3. The molecule has 9 nitrogen and oxygen atoms in total. The fraction of sp³-hybridized carbons (Fsp3) is 0.429. The van der Waals surface area contributed by atoms with Crippen molar-refractivity contribution in [2.75, 3.05) is 12.4 Å². The molecule has 3 rings (SSSR count). The van der Waals surface area contributed by atoms with Gasteiger partial charge >= 0.3 is 0 Å². The molecule has 2 atom stereocenters. The summed E-state index contributed by atoms with van der Waals surface area (Å²) >= 11 is 0. The summed E-state index contributed by atoms with van der Waals surface area (Å²) in [7, 11) is 1.58. The van der Waals surface area contributed by atoms with E-state index in [0.29, 0.717) is 36.0 Å². The number of alkyl halides is 1. The Bertz CT molecular complexity index is 1020. The molecule has 0 unspecified atom stereocenters. The largest absolute Gasteiger partial charge is 0.347 e. The van der Waals surface area contributed by atoms with Crippen LogP contribution in [0.3, 0.4) is 0 Å². The van der Waals surface area contributed by atoms with Crippen LogP contribution in [0, 0.1) is 0 Å². The number of hydrogen-bond acceptors (Lipinski definition) is 6. The van der Waals surface area contributed by atoms with E-state index in [1.807, 2.05) is 13.8 Å². The molecule has 1 saturated carbocycles. The minimum Gasteiger partial charge on any atom is -0.347 e. The minimum atomic E-state index is -1.03. The van der Waals surface area contributed by atoms with Crippen LogP contribution in [0.5, 0.6) is 0 Å². The second-order valence-corrected chi connectivity index (χ2v) is 7.72. The molecule has 31 heavy (non-hydrogen) atoms. The van der Waals surface area contributed by atoms with Crippen LogP contribution in [0.4, 0.5) is 10.1 Å². The van der Waals surface area contributed by atoms with E-state index in [9.17, 15) is 14.0 Å². The molecular formula is C21H28FN7O2. The predicted octanol–water partition coefficient (Wildman–Crippen LogP) is 2.08. The fourth-order valence-corrected chi connectivity index (χ4v) is 3.31. The molecule has 0 saturated heterocycles. The molecule has 166 valence electrons. The van der Waals surface area contributed by atoms with Gasteiger partial charge in [-0.1, -0.05) is 0 Å². The molecular weight excluding hydrogens is 401 g/mol. The monoisotopic (exact) mass is 429 g/mol. The maximum absolute atomic E-state index is 13.6. The van der Waals surface area contributed by atoms with Crippen molar-refractivity contribution in [3.05, 3.63) is 52.0 Å². The number of hydrogen-bond donors (Lipinski definition) is 3. The first-order chi connectivity index (χ1) is 14.8. The molecule has 0 spiro atoms. The van der Waals surface area contributed by atoms with Gasteiger partial charge in [0.1, 0.15) is 23.5 Å². The zero-order chi connectivity index (χ0) is 22.7. The zero-order valence-corrected chi connectivity index (χ0v) is 18.1. The molecule has 10 heteroatoms. The lowest BCUT2D eigenvalue weighted by Crippen LogP contribution is -2.49. The lowest BCUT2D eigenvalue weighted by molar-refractivity contribution is -0.119. The second-order valence-electron chi connectivity index (χ2n) is 7.72. The fourth-order valence-electron chi connectivity index (χ4n) is 3.31. The van der Waals surface area contributed by atoms with Crippen LogP contribution in [-0.4, -0.2) is 47.3 Å². The lowest BCUT2D eigenvalue weighted by Gasteiger charge is -2.33. The van der Waals surface area contributed by atoms with Gasteiger partial charge in [0, 0.05) is 32.1 Å². The molecule has 1 fully saturated rings. The molecule has 1 aromatic heterocycles. The average molecular weight is 430 g/mol. The Morgan fingerprint density at radius 2 is 2.13 bits per heavy atom. The van der Waals surface area contributed by atoms with E-state index in [2.05, 4.69) is 32.8 Å². The standard InChI is InChI=1S/C21H28FN7O2/c1-12(2)28-10-6-7-16(21(28)31)25-17-11-18(23-4)29(24-5)19(27-17)13(3)20(30)26-15-9-8-14(15)22/h6-7,10-12,14-15,25,27H,5,8-9H2,1-4H3,(H,26,30)/b19-13+,23-18?/t14-,15-/m1/s1. The summed E-state index contributed by atoms with van der Waals surface area (Å²) in [6.45, 7) is 9.00. The average Bonchev–Trinajstić information content (AvgIpc) is 2.76. The normalized spacial score (nSPS) is 23.6. The smallest absolute Gasteiger partial charge is 0.274 e. The van der Waals surface area contributed by atoms with Gasteiger partial charge < -0.3 is 20.5 Å². The van der Waals surface area contributed by atoms with E-state index in [1.165, 1.54) is 5.01 Å². The summed E-state index contributed by atoms with van der Waals surface area (Å²) in [4.78, 5) is 29.6. The van der Waals surface area contributed by atoms with E-state index in [-0.39, 0.29) is 17.2 Å². The topological polar surface area (TPSA) is 103 Å². The number of hydrazone groups is 1. The van der Waals surface area contributed by atoms with Crippen molar-refractivity contribution in [2.24, 2.45) is 10.1 Å². The van der Waals surface area contributed by atoms with Crippen LogP contribution >= 0.6 is 0 Å². The number of anilines is 1. The highest BCUT2D eigenvalue weighted by Gasteiger charge is 2.33. The quantitative estimate of drug-likeness (QED) is 0.475. The molecule has 0 bridgehead atoms. The zero-order valence-electron chi connectivity index (χ0n) is 18.1.